The predicted octanol–water partition coefficient (Wildman–Crippen LogP) is 7.80. The number of fused-ring (bicyclic) bond motifs is 2. The van der Waals surface area contributed by atoms with Crippen molar-refractivity contribution in [3.05, 3.63) is 146 Å². The Balaban J connectivity index is 1.30. The lowest BCUT2D eigenvalue weighted by atomic mass is 9.72. The molecule has 0 bridgehead atoms. The molecule has 0 saturated heterocycles. The summed E-state index contributed by atoms with van der Waals surface area (Å²) in [6.45, 7) is 0. The first-order chi connectivity index (χ1) is 18.1. The minimum atomic E-state index is -0.464. The Morgan fingerprint density at radius 2 is 1.46 bits per heavy atom. The summed E-state index contributed by atoms with van der Waals surface area (Å²) in [5.41, 5.74) is 6.42. The molecule has 0 radical (unpaired) electrons. The van der Waals surface area contributed by atoms with E-state index in [1.165, 1.54) is 22.3 Å². The maximum absolute atomic E-state index is 13.1. The largest absolute Gasteiger partial charge is 0.507 e. The molecule has 2 unspecified atom stereocenters. The van der Waals surface area contributed by atoms with E-state index >= 15 is 0 Å². The van der Waals surface area contributed by atoms with E-state index in [2.05, 4.69) is 48.5 Å². The van der Waals surface area contributed by atoms with Crippen molar-refractivity contribution in [1.29, 1.82) is 0 Å². The lowest BCUT2D eigenvalue weighted by Gasteiger charge is -2.32. The summed E-state index contributed by atoms with van der Waals surface area (Å²) in [5.74, 6) is 0.0284. The third-order valence-corrected chi connectivity index (χ3v) is 7.90. The quantitative estimate of drug-likeness (QED) is 0.247. The smallest absolute Gasteiger partial charge is 0.343 e. The lowest BCUT2D eigenvalue weighted by molar-refractivity contribution is 0.437. The topological polar surface area (TPSA) is 50.4 Å². The lowest BCUT2D eigenvalue weighted by Crippen LogP contribution is -2.23. The van der Waals surface area contributed by atoms with Crippen LogP contribution in [0.1, 0.15) is 51.6 Å². The zero-order valence-corrected chi connectivity index (χ0v) is 21.1. The molecule has 1 N–H and O–H groups in total. The van der Waals surface area contributed by atoms with E-state index in [9.17, 15) is 9.90 Å². The monoisotopic (exact) mass is 506 g/mol. The fourth-order valence-electron chi connectivity index (χ4n) is 5.70. The van der Waals surface area contributed by atoms with Crippen LogP contribution in [-0.2, 0) is 19.3 Å². The normalized spacial score (nSPS) is 17.0. The van der Waals surface area contributed by atoms with Gasteiger partial charge in [0.2, 0.25) is 0 Å². The molecule has 0 fully saturated rings. The minimum Gasteiger partial charge on any atom is -0.507 e. The van der Waals surface area contributed by atoms with Crippen LogP contribution in [0.5, 0.6) is 5.75 Å². The zero-order chi connectivity index (χ0) is 25.4. The second-order valence-corrected chi connectivity index (χ2v) is 10.3. The number of aryl methyl sites for hydroxylation is 2. The number of hydrogen-bond donors (Lipinski definition) is 1. The highest BCUT2D eigenvalue weighted by Gasteiger charge is 2.33. The highest BCUT2D eigenvalue weighted by Crippen LogP contribution is 2.45. The van der Waals surface area contributed by atoms with Crippen molar-refractivity contribution in [3.8, 4) is 5.75 Å². The van der Waals surface area contributed by atoms with Crippen LogP contribution in [0, 0.1) is 0 Å². The van der Waals surface area contributed by atoms with Crippen molar-refractivity contribution < 1.29 is 9.52 Å². The van der Waals surface area contributed by atoms with Gasteiger partial charge in [0.1, 0.15) is 11.3 Å². The van der Waals surface area contributed by atoms with E-state index in [1.54, 1.807) is 18.2 Å². The Kier molecular flexibility index (Phi) is 6.31. The Bertz CT molecular complexity index is 1620. The van der Waals surface area contributed by atoms with Crippen LogP contribution in [0.4, 0.5) is 0 Å². The highest BCUT2D eigenvalue weighted by molar-refractivity contribution is 6.30. The van der Waals surface area contributed by atoms with Crippen LogP contribution >= 0.6 is 11.6 Å². The average molecular weight is 507 g/mol. The molecule has 37 heavy (non-hydrogen) atoms. The van der Waals surface area contributed by atoms with Gasteiger partial charge in [0, 0.05) is 10.9 Å². The maximum Gasteiger partial charge on any atom is 0.343 e. The second-order valence-electron chi connectivity index (χ2n) is 9.90. The van der Waals surface area contributed by atoms with Crippen molar-refractivity contribution in [2.75, 3.05) is 0 Å². The van der Waals surface area contributed by atoms with Crippen LogP contribution in [0.15, 0.2) is 106 Å². The van der Waals surface area contributed by atoms with Gasteiger partial charge < -0.3 is 9.52 Å². The van der Waals surface area contributed by atoms with Crippen molar-refractivity contribution in [2.45, 2.75) is 37.5 Å². The van der Waals surface area contributed by atoms with Gasteiger partial charge in [-0.15, -0.1) is 0 Å². The van der Waals surface area contributed by atoms with Gasteiger partial charge in [-0.05, 0) is 83.7 Å². The maximum atomic E-state index is 13.1. The van der Waals surface area contributed by atoms with Crippen LogP contribution < -0.4 is 5.63 Å². The number of para-hydroxylation sites is 1. The fourth-order valence-corrected chi connectivity index (χ4v) is 5.82. The molecule has 0 spiro atoms. The zero-order valence-electron chi connectivity index (χ0n) is 20.4. The Morgan fingerprint density at radius 3 is 2.22 bits per heavy atom. The molecule has 3 nitrogen and oxygen atoms in total. The van der Waals surface area contributed by atoms with E-state index < -0.39 is 5.63 Å². The van der Waals surface area contributed by atoms with Crippen molar-refractivity contribution in [1.82, 2.24) is 0 Å². The molecule has 0 saturated carbocycles. The predicted molar refractivity (Wildman–Crippen MR) is 149 cm³/mol. The Hall–Kier alpha value is -3.82. The third kappa shape index (κ3) is 4.68. The van der Waals surface area contributed by atoms with Crippen molar-refractivity contribution >= 4 is 22.6 Å². The molecule has 6 rings (SSSR count). The molecule has 4 heteroatoms. The van der Waals surface area contributed by atoms with Gasteiger partial charge in [0.15, 0.2) is 0 Å². The summed E-state index contributed by atoms with van der Waals surface area (Å²) in [6.07, 6.45) is 3.56. The van der Waals surface area contributed by atoms with Crippen molar-refractivity contribution in [3.63, 3.8) is 0 Å². The third-order valence-electron chi connectivity index (χ3n) is 7.65. The molecule has 0 aliphatic heterocycles. The number of benzene rings is 4. The van der Waals surface area contributed by atoms with Gasteiger partial charge >= 0.3 is 5.63 Å². The minimum absolute atomic E-state index is 0.0323. The molecule has 1 aliphatic rings. The first-order valence-corrected chi connectivity index (χ1v) is 13.1. The van der Waals surface area contributed by atoms with Gasteiger partial charge in [0.05, 0.1) is 10.9 Å². The first-order valence-electron chi connectivity index (χ1n) is 12.7. The summed E-state index contributed by atoms with van der Waals surface area (Å²) >= 11 is 6.01. The number of hydrogen-bond acceptors (Lipinski definition) is 3. The molecule has 1 aliphatic carbocycles. The summed E-state index contributed by atoms with van der Waals surface area (Å²) in [6, 6.07) is 32.3. The summed E-state index contributed by atoms with van der Waals surface area (Å²) < 4.78 is 5.65. The Morgan fingerprint density at radius 1 is 0.811 bits per heavy atom. The van der Waals surface area contributed by atoms with Crippen LogP contribution in [0.3, 0.4) is 0 Å². The molecule has 4 aromatic carbocycles. The molecule has 1 heterocycles. The molecule has 2 atom stereocenters. The van der Waals surface area contributed by atoms with Crippen molar-refractivity contribution in [2.24, 2.45) is 0 Å². The molecular weight excluding hydrogens is 480 g/mol. The molecule has 0 amide bonds. The van der Waals surface area contributed by atoms with E-state index in [0.29, 0.717) is 16.5 Å². The Labute approximate surface area is 221 Å². The van der Waals surface area contributed by atoms with Crippen LogP contribution in [0.25, 0.3) is 11.0 Å². The summed E-state index contributed by atoms with van der Waals surface area (Å²) in [5, 5.41) is 12.5. The highest BCUT2D eigenvalue weighted by atomic mass is 35.5. The molecule has 5 aromatic rings. The van der Waals surface area contributed by atoms with E-state index in [4.69, 9.17) is 16.0 Å². The van der Waals surface area contributed by atoms with Gasteiger partial charge in [0.25, 0.3) is 0 Å². The van der Waals surface area contributed by atoms with Gasteiger partial charge in [-0.25, -0.2) is 4.79 Å². The number of rotatable bonds is 5. The SMILES string of the molecule is O=c1oc2ccccc2c(O)c1C1CC(c2ccc(CCc3ccc(Cl)cc3)cc2)Cc2ccccc21. The van der Waals surface area contributed by atoms with Gasteiger partial charge in [-0.1, -0.05) is 84.4 Å². The van der Waals surface area contributed by atoms with E-state index in [-0.39, 0.29) is 17.6 Å². The summed E-state index contributed by atoms with van der Waals surface area (Å²) in [7, 11) is 0. The van der Waals surface area contributed by atoms with Crippen LogP contribution in [0.2, 0.25) is 5.02 Å². The summed E-state index contributed by atoms with van der Waals surface area (Å²) in [4.78, 5) is 13.1. The number of aromatic hydroxyl groups is 1. The van der Waals surface area contributed by atoms with Crippen LogP contribution in [-0.4, -0.2) is 5.11 Å². The second kappa shape index (κ2) is 9.91. The fraction of sp³-hybridized carbons (Fsp3) is 0.182. The molecule has 184 valence electrons. The first kappa shape index (κ1) is 23.6. The average Bonchev–Trinajstić information content (AvgIpc) is 2.93. The number of halogens is 1. The molecule has 1 aromatic heterocycles. The van der Waals surface area contributed by atoms with Gasteiger partial charge in [-0.2, -0.15) is 0 Å². The molecular formula is C33H27ClO3. The van der Waals surface area contributed by atoms with Gasteiger partial charge in [-0.3, -0.25) is 0 Å². The van der Waals surface area contributed by atoms with E-state index in [0.717, 1.165) is 36.3 Å². The van der Waals surface area contributed by atoms with E-state index in [1.807, 2.05) is 30.3 Å². The standard InChI is InChI=1S/C33H27ClO3/c34-26-17-13-22(14-18-26)10-9-21-11-15-23(16-12-21)25-19-24-5-1-2-6-27(24)29(20-25)31-32(35)28-7-3-4-8-30(28)37-33(31)36/h1-8,11-18,25,29,35H,9-10,19-20H2.